The van der Waals surface area contributed by atoms with Crippen LogP contribution in [0.25, 0.3) is 5.78 Å². The zero-order valence-electron chi connectivity index (χ0n) is 10.2. The van der Waals surface area contributed by atoms with Crippen LogP contribution in [0, 0.1) is 6.92 Å². The van der Waals surface area contributed by atoms with Gasteiger partial charge in [0.15, 0.2) is 0 Å². The zero-order chi connectivity index (χ0) is 12.5. The average molecular weight is 259 g/mol. The van der Waals surface area contributed by atoms with Gasteiger partial charge in [0.25, 0.3) is 5.78 Å². The van der Waals surface area contributed by atoms with Gasteiger partial charge in [-0.3, -0.25) is 0 Å². The van der Waals surface area contributed by atoms with Gasteiger partial charge < -0.3 is 4.90 Å². The topological polar surface area (TPSA) is 46.3 Å². The third-order valence-corrected chi connectivity index (χ3v) is 3.48. The molecule has 0 atom stereocenters. The molecule has 0 aromatic carbocycles. The Kier molecular flexibility index (Phi) is 2.71. The molecule has 0 amide bonds. The van der Waals surface area contributed by atoms with Crippen molar-refractivity contribution >= 4 is 22.9 Å². The first kappa shape index (κ1) is 11.2. The van der Waals surface area contributed by atoms with Gasteiger partial charge >= 0.3 is 0 Å². The number of nitrogens with zero attached hydrogens (tertiary/aromatic N) is 5. The molecule has 0 saturated carbocycles. The lowest BCUT2D eigenvalue weighted by atomic mass is 10.3. The van der Waals surface area contributed by atoms with Crippen molar-refractivity contribution in [2.45, 2.75) is 13.5 Å². The molecule has 0 spiro atoms. The van der Waals surface area contributed by atoms with Crippen LogP contribution >= 0.6 is 11.3 Å². The van der Waals surface area contributed by atoms with Crippen LogP contribution in [0.3, 0.4) is 0 Å². The van der Waals surface area contributed by atoms with Crippen LogP contribution in [0.2, 0.25) is 0 Å². The van der Waals surface area contributed by atoms with Crippen molar-refractivity contribution in [3.05, 3.63) is 40.5 Å². The largest absolute Gasteiger partial charge is 0.355 e. The summed E-state index contributed by atoms with van der Waals surface area (Å²) in [4.78, 5) is 10.6. The molecule has 3 rings (SSSR count). The van der Waals surface area contributed by atoms with Crippen LogP contribution in [-0.4, -0.2) is 26.6 Å². The van der Waals surface area contributed by atoms with E-state index in [0.29, 0.717) is 5.78 Å². The Morgan fingerprint density at radius 1 is 1.44 bits per heavy atom. The first-order chi connectivity index (χ1) is 8.74. The maximum absolute atomic E-state index is 4.34. The van der Waals surface area contributed by atoms with Crippen molar-refractivity contribution in [3.63, 3.8) is 0 Å². The van der Waals surface area contributed by atoms with E-state index < -0.39 is 0 Å². The summed E-state index contributed by atoms with van der Waals surface area (Å²) in [5.74, 6) is 1.64. The Balaban J connectivity index is 2.00. The minimum absolute atomic E-state index is 0.641. The molecular formula is C12H13N5S. The van der Waals surface area contributed by atoms with E-state index >= 15 is 0 Å². The molecule has 92 valence electrons. The number of thiophene rings is 1. The lowest BCUT2D eigenvalue weighted by molar-refractivity contribution is 0.829. The van der Waals surface area contributed by atoms with Crippen molar-refractivity contribution < 1.29 is 0 Å². The Labute approximate surface area is 109 Å². The second kappa shape index (κ2) is 4.38. The predicted molar refractivity (Wildman–Crippen MR) is 71.9 cm³/mol. The molecule has 3 aromatic heterocycles. The fourth-order valence-electron chi connectivity index (χ4n) is 1.92. The molecular weight excluding hydrogens is 246 g/mol. The maximum Gasteiger partial charge on any atom is 0.254 e. The Morgan fingerprint density at radius 3 is 3.11 bits per heavy atom. The Bertz CT molecular complexity index is 658. The van der Waals surface area contributed by atoms with E-state index in [1.165, 1.54) is 11.9 Å². The van der Waals surface area contributed by atoms with E-state index in [0.717, 1.165) is 18.1 Å². The van der Waals surface area contributed by atoms with Crippen LogP contribution < -0.4 is 4.90 Å². The highest BCUT2D eigenvalue weighted by atomic mass is 32.1. The molecule has 3 heterocycles. The van der Waals surface area contributed by atoms with E-state index in [1.54, 1.807) is 15.9 Å². The summed E-state index contributed by atoms with van der Waals surface area (Å²) in [7, 11) is 2.05. The van der Waals surface area contributed by atoms with Gasteiger partial charge in [0.2, 0.25) is 0 Å². The summed E-state index contributed by atoms with van der Waals surface area (Å²) < 4.78 is 1.76. The predicted octanol–water partition coefficient (Wildman–Crippen LogP) is 2.13. The lowest BCUT2D eigenvalue weighted by Crippen LogP contribution is -2.20. The molecule has 0 saturated heterocycles. The van der Waals surface area contributed by atoms with E-state index in [1.807, 2.05) is 20.0 Å². The number of anilines is 1. The monoisotopic (exact) mass is 259 g/mol. The Hall–Kier alpha value is -1.95. The lowest BCUT2D eigenvalue weighted by Gasteiger charge is -2.19. The van der Waals surface area contributed by atoms with Gasteiger partial charge in [-0.1, -0.05) is 0 Å². The summed E-state index contributed by atoms with van der Waals surface area (Å²) in [5, 5.41) is 8.46. The second-order valence-corrected chi connectivity index (χ2v) is 5.00. The first-order valence-corrected chi connectivity index (χ1v) is 6.58. The van der Waals surface area contributed by atoms with Gasteiger partial charge in [0, 0.05) is 25.4 Å². The van der Waals surface area contributed by atoms with E-state index in [-0.39, 0.29) is 0 Å². The van der Waals surface area contributed by atoms with Gasteiger partial charge in [-0.25, -0.2) is 4.98 Å². The molecule has 6 heteroatoms. The average Bonchev–Trinajstić information content (AvgIpc) is 2.97. The Morgan fingerprint density at radius 2 is 2.33 bits per heavy atom. The van der Waals surface area contributed by atoms with Gasteiger partial charge in [-0.2, -0.15) is 25.9 Å². The van der Waals surface area contributed by atoms with Crippen LogP contribution in [0.5, 0.6) is 0 Å². The summed E-state index contributed by atoms with van der Waals surface area (Å²) >= 11 is 1.71. The van der Waals surface area contributed by atoms with Gasteiger partial charge in [0.1, 0.15) is 12.1 Å². The number of fused-ring (bicyclic) bond motifs is 1. The molecule has 0 N–H and O–H groups in total. The quantitative estimate of drug-likeness (QED) is 0.723. The SMILES string of the molecule is Cc1cc(N(C)Cc2ccsc2)n2ncnc2n1. The van der Waals surface area contributed by atoms with Crippen LogP contribution in [0.15, 0.2) is 29.2 Å². The van der Waals surface area contributed by atoms with E-state index in [9.17, 15) is 0 Å². The van der Waals surface area contributed by atoms with Crippen LogP contribution in [-0.2, 0) is 6.54 Å². The van der Waals surface area contributed by atoms with Crippen LogP contribution in [0.1, 0.15) is 11.3 Å². The molecule has 0 radical (unpaired) electrons. The summed E-state index contributed by atoms with van der Waals surface area (Å²) in [5.41, 5.74) is 2.24. The van der Waals surface area contributed by atoms with Crippen LogP contribution in [0.4, 0.5) is 5.82 Å². The fourth-order valence-corrected chi connectivity index (χ4v) is 2.58. The highest BCUT2D eigenvalue weighted by molar-refractivity contribution is 7.07. The van der Waals surface area contributed by atoms with Crippen molar-refractivity contribution in [1.82, 2.24) is 19.6 Å². The summed E-state index contributed by atoms with van der Waals surface area (Å²) in [6.07, 6.45) is 1.53. The normalized spacial score (nSPS) is 11.0. The molecule has 0 bridgehead atoms. The van der Waals surface area contributed by atoms with Crippen molar-refractivity contribution in [1.29, 1.82) is 0 Å². The summed E-state index contributed by atoms with van der Waals surface area (Å²) in [6, 6.07) is 4.15. The molecule has 5 nitrogen and oxygen atoms in total. The van der Waals surface area contributed by atoms with Crippen molar-refractivity contribution in [2.24, 2.45) is 0 Å². The second-order valence-electron chi connectivity index (χ2n) is 4.22. The van der Waals surface area contributed by atoms with Gasteiger partial charge in [-0.15, -0.1) is 0 Å². The van der Waals surface area contributed by atoms with Gasteiger partial charge in [-0.05, 0) is 29.3 Å². The fraction of sp³-hybridized carbons (Fsp3) is 0.250. The third-order valence-electron chi connectivity index (χ3n) is 2.75. The first-order valence-electron chi connectivity index (χ1n) is 5.63. The minimum Gasteiger partial charge on any atom is -0.355 e. The van der Waals surface area contributed by atoms with Crippen molar-refractivity contribution in [3.8, 4) is 0 Å². The molecule has 3 aromatic rings. The van der Waals surface area contributed by atoms with E-state index in [4.69, 9.17) is 0 Å². The van der Waals surface area contributed by atoms with E-state index in [2.05, 4.69) is 36.8 Å². The van der Waals surface area contributed by atoms with Crippen molar-refractivity contribution in [2.75, 3.05) is 11.9 Å². The third kappa shape index (κ3) is 1.95. The summed E-state index contributed by atoms with van der Waals surface area (Å²) in [6.45, 7) is 2.82. The minimum atomic E-state index is 0.641. The molecule has 0 aliphatic heterocycles. The standard InChI is InChI=1S/C12H13N5S/c1-9-5-11(17-12(15-9)13-8-14-17)16(2)6-10-3-4-18-7-10/h3-5,7-8H,6H2,1-2H3. The zero-order valence-corrected chi connectivity index (χ0v) is 11.1. The van der Waals surface area contributed by atoms with Gasteiger partial charge in [0.05, 0.1) is 0 Å². The molecule has 0 fully saturated rings. The maximum atomic E-state index is 4.34. The number of aromatic nitrogens is 4. The molecule has 0 aliphatic rings. The molecule has 18 heavy (non-hydrogen) atoms. The number of rotatable bonds is 3. The number of aryl methyl sites for hydroxylation is 1. The number of hydrogen-bond donors (Lipinski definition) is 0. The molecule has 0 aliphatic carbocycles. The number of hydrogen-bond acceptors (Lipinski definition) is 5. The molecule has 0 unspecified atom stereocenters. The highest BCUT2D eigenvalue weighted by Crippen LogP contribution is 2.17. The smallest absolute Gasteiger partial charge is 0.254 e. The highest BCUT2D eigenvalue weighted by Gasteiger charge is 2.10.